The second-order valence-corrected chi connectivity index (χ2v) is 7.25. The van der Waals surface area contributed by atoms with E-state index in [-0.39, 0.29) is 12.4 Å². The van der Waals surface area contributed by atoms with E-state index >= 15 is 0 Å². The van der Waals surface area contributed by atoms with Crippen LogP contribution in [0, 0.1) is 5.92 Å². The summed E-state index contributed by atoms with van der Waals surface area (Å²) < 4.78 is 35.0. The van der Waals surface area contributed by atoms with E-state index in [2.05, 4.69) is 20.8 Å². The van der Waals surface area contributed by atoms with Crippen molar-refractivity contribution >= 4 is 6.09 Å². The maximum Gasteiger partial charge on any atom is 0.407 e. The Hall–Kier alpha value is -1.77. The predicted molar refractivity (Wildman–Crippen MR) is 81.5 cm³/mol. The Morgan fingerprint density at radius 2 is 2.04 bits per heavy atom. The highest BCUT2D eigenvalue weighted by molar-refractivity contribution is 5.67. The molecular formula is C15H24F2N4O3. The molecule has 24 heavy (non-hydrogen) atoms. The normalized spacial score (nSPS) is 17.6. The van der Waals surface area contributed by atoms with Crippen LogP contribution in [0.4, 0.5) is 13.6 Å². The van der Waals surface area contributed by atoms with Gasteiger partial charge in [0.15, 0.2) is 0 Å². The summed E-state index contributed by atoms with van der Waals surface area (Å²) in [4.78, 5) is 15.4. The topological polar surface area (TPSA) is 89.3 Å². The first-order valence-electron chi connectivity index (χ1n) is 7.91. The van der Waals surface area contributed by atoms with Gasteiger partial charge in [0.2, 0.25) is 11.7 Å². The molecule has 0 aliphatic heterocycles. The number of aromatic nitrogens is 2. The minimum atomic E-state index is -2.76. The second-order valence-electron chi connectivity index (χ2n) is 7.25. The highest BCUT2D eigenvalue weighted by Gasteiger charge is 2.41. The molecule has 1 saturated carbocycles. The minimum Gasteiger partial charge on any atom is -0.444 e. The number of nitrogens with zero attached hydrogens (tertiary/aromatic N) is 2. The highest BCUT2D eigenvalue weighted by atomic mass is 19.3. The molecule has 0 spiro atoms. The molecule has 1 amide bonds. The maximum atomic E-state index is 12.5. The largest absolute Gasteiger partial charge is 0.444 e. The van der Waals surface area contributed by atoms with Crippen LogP contribution < -0.4 is 10.6 Å². The highest BCUT2D eigenvalue weighted by Crippen LogP contribution is 2.39. The summed E-state index contributed by atoms with van der Waals surface area (Å²) in [7, 11) is 0. The zero-order valence-corrected chi connectivity index (χ0v) is 14.4. The van der Waals surface area contributed by atoms with Crippen LogP contribution in [-0.2, 0) is 11.3 Å². The monoisotopic (exact) mass is 346 g/mol. The van der Waals surface area contributed by atoms with Crippen molar-refractivity contribution in [3.63, 3.8) is 0 Å². The van der Waals surface area contributed by atoms with Crippen molar-refractivity contribution in [2.24, 2.45) is 5.92 Å². The van der Waals surface area contributed by atoms with Gasteiger partial charge < -0.3 is 19.9 Å². The van der Waals surface area contributed by atoms with Crippen LogP contribution in [0.1, 0.15) is 58.7 Å². The summed E-state index contributed by atoms with van der Waals surface area (Å²) in [5, 5.41) is 9.21. The molecule has 1 heterocycles. The Kier molecular flexibility index (Phi) is 5.42. The number of halogens is 2. The van der Waals surface area contributed by atoms with E-state index in [1.165, 1.54) is 0 Å². The summed E-state index contributed by atoms with van der Waals surface area (Å²) in [6, 6.07) is 0. The maximum absolute atomic E-state index is 12.5. The van der Waals surface area contributed by atoms with Crippen LogP contribution in [0.25, 0.3) is 0 Å². The third-order valence-electron chi connectivity index (χ3n) is 3.80. The Morgan fingerprint density at radius 3 is 2.54 bits per heavy atom. The van der Waals surface area contributed by atoms with Crippen LogP contribution in [0.5, 0.6) is 0 Å². The standard InChI is InChI=1S/C15H24F2N4O3/c1-14(2,3)23-13(22)18-8-15(4,9-5-6-9)19-7-10-20-12(11(16)17)21-24-10/h9,11,19H,5-8H2,1-4H3,(H,18,22). The van der Waals surface area contributed by atoms with E-state index in [1.807, 2.05) is 6.92 Å². The van der Waals surface area contributed by atoms with E-state index in [4.69, 9.17) is 9.26 Å². The molecule has 0 saturated heterocycles. The van der Waals surface area contributed by atoms with Gasteiger partial charge in [0.25, 0.3) is 0 Å². The first-order chi connectivity index (χ1) is 11.1. The molecule has 1 fully saturated rings. The molecule has 0 aromatic carbocycles. The van der Waals surface area contributed by atoms with Gasteiger partial charge in [-0.1, -0.05) is 5.16 Å². The van der Waals surface area contributed by atoms with Gasteiger partial charge in [-0.15, -0.1) is 0 Å². The van der Waals surface area contributed by atoms with Gasteiger partial charge in [0.1, 0.15) is 5.60 Å². The number of ether oxygens (including phenoxy) is 1. The third kappa shape index (κ3) is 5.40. The lowest BCUT2D eigenvalue weighted by Crippen LogP contribution is -2.53. The van der Waals surface area contributed by atoms with Crippen molar-refractivity contribution in [3.8, 4) is 0 Å². The number of hydrogen-bond acceptors (Lipinski definition) is 6. The Labute approximate surface area is 139 Å². The molecule has 0 bridgehead atoms. The van der Waals surface area contributed by atoms with Crippen LogP contribution in [0.3, 0.4) is 0 Å². The van der Waals surface area contributed by atoms with Crippen molar-refractivity contribution in [1.29, 1.82) is 0 Å². The van der Waals surface area contributed by atoms with Gasteiger partial charge in [-0.3, -0.25) is 0 Å². The first kappa shape index (κ1) is 18.6. The van der Waals surface area contributed by atoms with Crippen molar-refractivity contribution in [1.82, 2.24) is 20.8 Å². The van der Waals surface area contributed by atoms with E-state index in [1.54, 1.807) is 20.8 Å². The lowest BCUT2D eigenvalue weighted by Gasteiger charge is -2.31. The average Bonchev–Trinajstić information content (AvgIpc) is 3.20. The number of carbonyl (C=O) groups is 1. The van der Waals surface area contributed by atoms with Gasteiger partial charge in [-0.2, -0.15) is 4.98 Å². The fourth-order valence-electron chi connectivity index (χ4n) is 2.35. The lowest BCUT2D eigenvalue weighted by atomic mass is 9.95. The minimum absolute atomic E-state index is 0.0921. The van der Waals surface area contributed by atoms with Crippen LogP contribution >= 0.6 is 0 Å². The van der Waals surface area contributed by atoms with E-state index in [9.17, 15) is 13.6 Å². The molecule has 9 heteroatoms. The number of alkyl halides is 2. The second kappa shape index (κ2) is 7.00. The van der Waals surface area contributed by atoms with Crippen LogP contribution in [0.2, 0.25) is 0 Å². The fourth-order valence-corrected chi connectivity index (χ4v) is 2.35. The Balaban J connectivity index is 1.89. The molecule has 0 radical (unpaired) electrons. The molecule has 2 rings (SSSR count). The van der Waals surface area contributed by atoms with Crippen molar-refractivity contribution < 1.29 is 22.8 Å². The quantitative estimate of drug-likeness (QED) is 0.789. The molecule has 1 aromatic rings. The van der Waals surface area contributed by atoms with Crippen molar-refractivity contribution in [3.05, 3.63) is 11.7 Å². The Morgan fingerprint density at radius 1 is 1.38 bits per heavy atom. The molecule has 1 aliphatic carbocycles. The smallest absolute Gasteiger partial charge is 0.407 e. The summed E-state index contributed by atoms with van der Waals surface area (Å²) in [5.41, 5.74) is -0.973. The van der Waals surface area contributed by atoms with E-state index < -0.39 is 29.5 Å². The molecule has 7 nitrogen and oxygen atoms in total. The molecule has 1 atom stereocenters. The van der Waals surface area contributed by atoms with Crippen LogP contribution in [-0.4, -0.2) is 33.9 Å². The number of amides is 1. The molecule has 1 unspecified atom stereocenters. The Bertz CT molecular complexity index is 569. The number of rotatable bonds is 7. The van der Waals surface area contributed by atoms with Gasteiger partial charge in [0, 0.05) is 12.1 Å². The number of carbonyl (C=O) groups excluding carboxylic acids is 1. The molecule has 2 N–H and O–H groups in total. The molecular weight excluding hydrogens is 322 g/mol. The van der Waals surface area contributed by atoms with Gasteiger partial charge in [-0.05, 0) is 46.5 Å². The molecule has 136 valence electrons. The summed E-state index contributed by atoms with van der Waals surface area (Å²) in [6.45, 7) is 7.85. The molecule has 1 aromatic heterocycles. The van der Waals surface area contributed by atoms with Crippen molar-refractivity contribution in [2.75, 3.05) is 6.54 Å². The van der Waals surface area contributed by atoms with Gasteiger partial charge >= 0.3 is 12.5 Å². The summed E-state index contributed by atoms with van der Waals surface area (Å²) >= 11 is 0. The van der Waals surface area contributed by atoms with E-state index in [0.717, 1.165) is 12.8 Å². The third-order valence-corrected chi connectivity index (χ3v) is 3.80. The summed E-state index contributed by atoms with van der Waals surface area (Å²) in [5.74, 6) is -0.147. The first-order valence-corrected chi connectivity index (χ1v) is 7.91. The van der Waals surface area contributed by atoms with E-state index in [0.29, 0.717) is 12.5 Å². The lowest BCUT2D eigenvalue weighted by molar-refractivity contribution is 0.0507. The number of hydrogen-bond donors (Lipinski definition) is 2. The predicted octanol–water partition coefficient (Wildman–Crippen LogP) is 2.79. The molecule has 1 aliphatic rings. The van der Waals surface area contributed by atoms with Gasteiger partial charge in [-0.25, -0.2) is 13.6 Å². The zero-order valence-electron chi connectivity index (χ0n) is 14.4. The van der Waals surface area contributed by atoms with Crippen molar-refractivity contribution in [2.45, 2.75) is 64.6 Å². The number of nitrogens with one attached hydrogen (secondary N) is 2. The SMILES string of the molecule is CC(C)(C)OC(=O)NCC(C)(NCc1nc(C(F)F)no1)C1CC1. The fraction of sp³-hybridized carbons (Fsp3) is 0.800. The summed E-state index contributed by atoms with van der Waals surface area (Å²) in [6.07, 6.45) is -1.18. The average molecular weight is 346 g/mol. The van der Waals surface area contributed by atoms with Crippen LogP contribution in [0.15, 0.2) is 4.52 Å². The zero-order chi connectivity index (χ0) is 18.0. The van der Waals surface area contributed by atoms with Gasteiger partial charge in [0.05, 0.1) is 6.54 Å². The number of alkyl carbamates (subject to hydrolysis) is 1.